The lowest BCUT2D eigenvalue weighted by atomic mass is 9.98. The number of esters is 1. The monoisotopic (exact) mass is 288 g/mol. The molecule has 1 N–H and O–H groups in total. The molecule has 1 atom stereocenters. The maximum absolute atomic E-state index is 11.5. The van der Waals surface area contributed by atoms with Crippen LogP contribution in [0.15, 0.2) is 6.07 Å². The molecule has 19 heavy (non-hydrogen) atoms. The van der Waals surface area contributed by atoms with Gasteiger partial charge < -0.3 is 19.3 Å². The van der Waals surface area contributed by atoms with Gasteiger partial charge >= 0.3 is 5.97 Å². The lowest BCUT2D eigenvalue weighted by Gasteiger charge is -2.20. The first kappa shape index (κ1) is 15.6. The minimum Gasteiger partial charge on any atom is -0.493 e. The van der Waals surface area contributed by atoms with Gasteiger partial charge in [-0.15, -0.1) is 0 Å². The summed E-state index contributed by atoms with van der Waals surface area (Å²) in [6.45, 7) is 1.86. The van der Waals surface area contributed by atoms with Crippen molar-refractivity contribution >= 4 is 17.6 Å². The molecule has 6 heteroatoms. The van der Waals surface area contributed by atoms with Crippen molar-refractivity contribution in [1.29, 1.82) is 0 Å². The van der Waals surface area contributed by atoms with Crippen LogP contribution in [-0.2, 0) is 16.0 Å². The topological polar surface area (TPSA) is 65.0 Å². The summed E-state index contributed by atoms with van der Waals surface area (Å²) in [6.07, 6.45) is -0.934. The normalized spacial score (nSPS) is 11.9. The molecule has 1 rings (SSSR count). The summed E-state index contributed by atoms with van der Waals surface area (Å²) in [7, 11) is 4.18. The number of hydrogen-bond donors (Lipinski definition) is 1. The van der Waals surface area contributed by atoms with Crippen molar-refractivity contribution in [2.45, 2.75) is 19.4 Å². The summed E-state index contributed by atoms with van der Waals surface area (Å²) < 4.78 is 15.0. The molecule has 0 spiro atoms. The van der Waals surface area contributed by atoms with Crippen LogP contribution in [0, 0.1) is 0 Å². The first-order valence-electron chi connectivity index (χ1n) is 5.70. The zero-order valence-corrected chi connectivity index (χ0v) is 12.1. The molecule has 1 unspecified atom stereocenters. The third-order valence-electron chi connectivity index (χ3n) is 2.81. The Bertz CT molecular complexity index is 473. The van der Waals surface area contributed by atoms with Crippen LogP contribution in [0.3, 0.4) is 0 Å². The van der Waals surface area contributed by atoms with Crippen molar-refractivity contribution in [3.8, 4) is 11.5 Å². The SMILES string of the molecule is CCc1c(OC)c(OC)cc(Cl)c1C(O)C(=O)OC. The average Bonchev–Trinajstić information content (AvgIpc) is 2.43. The predicted molar refractivity (Wildman–Crippen MR) is 70.9 cm³/mol. The standard InChI is InChI=1S/C13H17ClO5/c1-5-7-10(11(15)13(16)19-4)8(14)6-9(17-2)12(7)18-3/h6,11,15H,5H2,1-4H3. The summed E-state index contributed by atoms with van der Waals surface area (Å²) in [5.74, 6) is 0.126. The number of aliphatic hydroxyl groups is 1. The van der Waals surface area contributed by atoms with Crippen LogP contribution in [0.2, 0.25) is 5.02 Å². The molecule has 0 radical (unpaired) electrons. The lowest BCUT2D eigenvalue weighted by Crippen LogP contribution is -2.16. The van der Waals surface area contributed by atoms with Gasteiger partial charge in [0.25, 0.3) is 0 Å². The summed E-state index contributed by atoms with van der Waals surface area (Å²) in [5, 5.41) is 10.2. The van der Waals surface area contributed by atoms with Gasteiger partial charge in [-0.1, -0.05) is 18.5 Å². The minimum atomic E-state index is -1.45. The van der Waals surface area contributed by atoms with Gasteiger partial charge in [-0.2, -0.15) is 0 Å². The third kappa shape index (κ3) is 2.93. The summed E-state index contributed by atoms with van der Waals surface area (Å²) in [5.41, 5.74) is 0.901. The van der Waals surface area contributed by atoms with Crippen molar-refractivity contribution in [2.75, 3.05) is 21.3 Å². The smallest absolute Gasteiger partial charge is 0.339 e. The van der Waals surface area contributed by atoms with E-state index in [1.54, 1.807) is 0 Å². The van der Waals surface area contributed by atoms with Gasteiger partial charge in [0, 0.05) is 17.2 Å². The molecule has 1 aromatic carbocycles. The molecule has 0 aromatic heterocycles. The summed E-state index contributed by atoms with van der Waals surface area (Å²) in [6, 6.07) is 1.50. The summed E-state index contributed by atoms with van der Waals surface area (Å²) >= 11 is 6.11. The van der Waals surface area contributed by atoms with Gasteiger partial charge in [-0.3, -0.25) is 0 Å². The van der Waals surface area contributed by atoms with Gasteiger partial charge in [0.1, 0.15) is 0 Å². The quantitative estimate of drug-likeness (QED) is 0.841. The highest BCUT2D eigenvalue weighted by molar-refractivity contribution is 6.32. The molecule has 0 saturated heterocycles. The fraction of sp³-hybridized carbons (Fsp3) is 0.462. The number of ether oxygens (including phenoxy) is 3. The van der Waals surface area contributed by atoms with Crippen LogP contribution in [0.25, 0.3) is 0 Å². The summed E-state index contributed by atoms with van der Waals surface area (Å²) in [4.78, 5) is 11.5. The van der Waals surface area contributed by atoms with Crippen LogP contribution in [0.4, 0.5) is 0 Å². The molecule has 0 amide bonds. The van der Waals surface area contributed by atoms with E-state index in [0.717, 1.165) is 0 Å². The Morgan fingerprint density at radius 1 is 1.37 bits per heavy atom. The second kappa shape index (κ2) is 6.63. The van der Waals surface area contributed by atoms with E-state index < -0.39 is 12.1 Å². The van der Waals surface area contributed by atoms with Gasteiger partial charge in [0.2, 0.25) is 0 Å². The fourth-order valence-corrected chi connectivity index (χ4v) is 2.24. The number of rotatable bonds is 5. The molecule has 0 saturated carbocycles. The average molecular weight is 289 g/mol. The van der Waals surface area contributed by atoms with Gasteiger partial charge in [-0.25, -0.2) is 4.79 Å². The number of carbonyl (C=O) groups excluding carboxylic acids is 1. The van der Waals surface area contributed by atoms with Gasteiger partial charge in [0.15, 0.2) is 17.6 Å². The number of carbonyl (C=O) groups is 1. The molecule has 5 nitrogen and oxygen atoms in total. The van der Waals surface area contributed by atoms with Crippen molar-refractivity contribution in [3.63, 3.8) is 0 Å². The molecule has 0 aliphatic heterocycles. The van der Waals surface area contributed by atoms with E-state index in [1.165, 1.54) is 27.4 Å². The van der Waals surface area contributed by atoms with Crippen LogP contribution in [-0.4, -0.2) is 32.4 Å². The molecular formula is C13H17ClO5. The van der Waals surface area contributed by atoms with Crippen molar-refractivity contribution in [3.05, 3.63) is 22.2 Å². The molecule has 0 fully saturated rings. The second-order valence-corrected chi connectivity index (χ2v) is 4.17. The largest absolute Gasteiger partial charge is 0.493 e. The van der Waals surface area contributed by atoms with E-state index in [4.69, 9.17) is 21.1 Å². The zero-order chi connectivity index (χ0) is 14.6. The molecular weight excluding hydrogens is 272 g/mol. The number of aliphatic hydroxyl groups excluding tert-OH is 1. The molecule has 0 bridgehead atoms. The molecule has 0 aliphatic rings. The number of hydrogen-bond acceptors (Lipinski definition) is 5. The first-order valence-corrected chi connectivity index (χ1v) is 6.08. The maximum Gasteiger partial charge on any atom is 0.339 e. The Kier molecular flexibility index (Phi) is 5.44. The lowest BCUT2D eigenvalue weighted by molar-refractivity contribution is -0.150. The third-order valence-corrected chi connectivity index (χ3v) is 3.13. The van der Waals surface area contributed by atoms with E-state index in [1.807, 2.05) is 6.92 Å². The highest BCUT2D eigenvalue weighted by Gasteiger charge is 2.27. The van der Waals surface area contributed by atoms with Crippen LogP contribution < -0.4 is 9.47 Å². The fourth-order valence-electron chi connectivity index (χ4n) is 1.93. The van der Waals surface area contributed by atoms with Crippen molar-refractivity contribution < 1.29 is 24.1 Å². The Balaban J connectivity index is 3.50. The highest BCUT2D eigenvalue weighted by atomic mass is 35.5. The Morgan fingerprint density at radius 2 is 2.00 bits per heavy atom. The van der Waals surface area contributed by atoms with Crippen molar-refractivity contribution in [2.24, 2.45) is 0 Å². The highest BCUT2D eigenvalue weighted by Crippen LogP contribution is 2.41. The van der Waals surface area contributed by atoms with E-state index in [-0.39, 0.29) is 10.6 Å². The minimum absolute atomic E-state index is 0.229. The van der Waals surface area contributed by atoms with Crippen LogP contribution >= 0.6 is 11.6 Å². The van der Waals surface area contributed by atoms with Gasteiger partial charge in [0.05, 0.1) is 26.4 Å². The second-order valence-electron chi connectivity index (χ2n) is 3.77. The molecule has 0 heterocycles. The Morgan fingerprint density at radius 3 is 2.42 bits per heavy atom. The molecule has 1 aromatic rings. The van der Waals surface area contributed by atoms with Crippen LogP contribution in [0.5, 0.6) is 11.5 Å². The van der Waals surface area contributed by atoms with Crippen LogP contribution in [0.1, 0.15) is 24.2 Å². The van der Waals surface area contributed by atoms with E-state index in [9.17, 15) is 9.90 Å². The molecule has 106 valence electrons. The maximum atomic E-state index is 11.5. The van der Waals surface area contributed by atoms with E-state index in [0.29, 0.717) is 23.5 Å². The zero-order valence-electron chi connectivity index (χ0n) is 11.3. The Hall–Kier alpha value is -1.46. The predicted octanol–water partition coefficient (Wildman–Crippen LogP) is 2.13. The van der Waals surface area contributed by atoms with E-state index in [2.05, 4.69) is 4.74 Å². The van der Waals surface area contributed by atoms with E-state index >= 15 is 0 Å². The Labute approximate surface area is 117 Å². The number of methoxy groups -OCH3 is 3. The van der Waals surface area contributed by atoms with Gasteiger partial charge in [-0.05, 0) is 6.42 Å². The number of benzene rings is 1. The van der Waals surface area contributed by atoms with Crippen molar-refractivity contribution in [1.82, 2.24) is 0 Å². The number of halogens is 1. The first-order chi connectivity index (χ1) is 9.01. The molecule has 0 aliphatic carbocycles.